The van der Waals surface area contributed by atoms with Gasteiger partial charge in [-0.3, -0.25) is 0 Å². The minimum Gasteiger partial charge on any atom is -0.456 e. The molecule has 0 atom stereocenters. The van der Waals surface area contributed by atoms with Gasteiger partial charge in [-0.25, -0.2) is 0 Å². The van der Waals surface area contributed by atoms with Gasteiger partial charge in [0.1, 0.15) is 11.2 Å². The lowest BCUT2D eigenvalue weighted by Crippen LogP contribution is -2.41. The Balaban J connectivity index is 1.65. The molecule has 4 aromatic carbocycles. The Morgan fingerprint density at radius 3 is 2.06 bits per heavy atom. The van der Waals surface area contributed by atoms with E-state index >= 15 is 0 Å². The summed E-state index contributed by atoms with van der Waals surface area (Å²) in [7, 11) is -0.440. The topological polar surface area (TPSA) is 36.0 Å². The average Bonchev–Trinajstić information content (AvgIpc) is 3.42. The largest absolute Gasteiger partial charge is 0.495 e. The SMILES string of the molecule is CC1(C)OB(c2ccc3c4cccc5oc6cccc(c6c54)n4c5ccccc5c2c34)OC1(C)C. The van der Waals surface area contributed by atoms with Gasteiger partial charge in [0.2, 0.25) is 0 Å². The smallest absolute Gasteiger partial charge is 0.456 e. The molecule has 8 rings (SSSR count). The van der Waals surface area contributed by atoms with E-state index in [1.54, 1.807) is 0 Å². The van der Waals surface area contributed by atoms with E-state index in [9.17, 15) is 0 Å². The molecule has 5 heteroatoms. The van der Waals surface area contributed by atoms with Crippen LogP contribution in [-0.2, 0) is 9.31 Å². The summed E-state index contributed by atoms with van der Waals surface area (Å²) in [5, 5.41) is 7.12. The Bertz CT molecular complexity index is 1960. The maximum Gasteiger partial charge on any atom is 0.495 e. The number of hydrogen-bond acceptors (Lipinski definition) is 3. The van der Waals surface area contributed by atoms with Crippen molar-refractivity contribution in [2.24, 2.45) is 0 Å². The van der Waals surface area contributed by atoms with Crippen LogP contribution in [0.2, 0.25) is 0 Å². The molecule has 7 aromatic rings. The lowest BCUT2D eigenvalue weighted by Gasteiger charge is -2.32. The third-order valence-corrected chi connectivity index (χ3v) is 8.39. The molecule has 4 nitrogen and oxygen atoms in total. The number of furan rings is 1. The van der Waals surface area contributed by atoms with Gasteiger partial charge in [-0.1, -0.05) is 48.5 Å². The van der Waals surface area contributed by atoms with E-state index in [-0.39, 0.29) is 0 Å². The van der Waals surface area contributed by atoms with Crippen molar-refractivity contribution in [2.75, 3.05) is 0 Å². The lowest BCUT2D eigenvalue weighted by atomic mass is 9.76. The minimum atomic E-state index is -0.440. The summed E-state index contributed by atoms with van der Waals surface area (Å²) >= 11 is 0. The van der Waals surface area contributed by atoms with E-state index in [0.717, 1.165) is 27.5 Å². The van der Waals surface area contributed by atoms with Crippen LogP contribution in [-0.4, -0.2) is 22.7 Å². The van der Waals surface area contributed by atoms with Gasteiger partial charge in [0, 0.05) is 21.5 Å². The van der Waals surface area contributed by atoms with Crippen molar-refractivity contribution >= 4 is 72.6 Å². The molecule has 3 aromatic heterocycles. The molecular weight excluding hydrogens is 433 g/mol. The Kier molecular flexibility index (Phi) is 3.48. The van der Waals surface area contributed by atoms with Crippen LogP contribution >= 0.6 is 0 Å². The van der Waals surface area contributed by atoms with Crippen molar-refractivity contribution in [1.29, 1.82) is 0 Å². The van der Waals surface area contributed by atoms with Crippen LogP contribution in [0.15, 0.2) is 77.2 Å². The average molecular weight is 457 g/mol. The van der Waals surface area contributed by atoms with Crippen LogP contribution < -0.4 is 5.46 Å². The summed E-state index contributed by atoms with van der Waals surface area (Å²) < 4.78 is 21.8. The summed E-state index contributed by atoms with van der Waals surface area (Å²) in [5.41, 5.74) is 5.59. The third-order valence-electron chi connectivity index (χ3n) is 8.39. The highest BCUT2D eigenvalue weighted by atomic mass is 16.7. The molecule has 1 saturated heterocycles. The molecule has 4 heterocycles. The van der Waals surface area contributed by atoms with Gasteiger partial charge in [0.25, 0.3) is 0 Å². The zero-order valence-electron chi connectivity index (χ0n) is 20.2. The highest BCUT2D eigenvalue weighted by molar-refractivity contribution is 6.66. The number of hydrogen-bond donors (Lipinski definition) is 0. The molecule has 0 amide bonds. The highest BCUT2D eigenvalue weighted by Gasteiger charge is 2.52. The normalized spacial score (nSPS) is 17.9. The van der Waals surface area contributed by atoms with Crippen LogP contribution in [0.1, 0.15) is 27.7 Å². The first-order valence-corrected chi connectivity index (χ1v) is 12.2. The molecule has 35 heavy (non-hydrogen) atoms. The molecule has 1 aliphatic rings. The fourth-order valence-electron chi connectivity index (χ4n) is 6.02. The van der Waals surface area contributed by atoms with E-state index in [1.807, 2.05) is 0 Å². The Morgan fingerprint density at radius 1 is 0.600 bits per heavy atom. The third kappa shape index (κ3) is 2.31. The van der Waals surface area contributed by atoms with Crippen LogP contribution in [0, 0.1) is 0 Å². The second-order valence-electron chi connectivity index (χ2n) is 10.8. The first-order valence-electron chi connectivity index (χ1n) is 12.2. The maximum absolute atomic E-state index is 6.55. The van der Waals surface area contributed by atoms with Gasteiger partial charge in [-0.05, 0) is 62.8 Å². The van der Waals surface area contributed by atoms with Gasteiger partial charge in [-0.2, -0.15) is 0 Å². The Hall–Kier alpha value is -3.54. The standard InChI is InChI=1S/C30H24BNO3/c1-29(2)30(3,4)35-31(34-29)20-16-15-18-17-10-7-13-23-26(17)27-22(12-8-14-24(27)33-23)32-21-11-6-5-9-19(21)25(20)28(18)32/h5-16H,1-4H3. The molecule has 0 saturated carbocycles. The number of nitrogens with zero attached hydrogens (tertiary/aromatic N) is 1. The summed E-state index contributed by atoms with van der Waals surface area (Å²) in [6, 6.07) is 25.8. The molecule has 0 bridgehead atoms. The first kappa shape index (κ1) is 19.7. The molecule has 1 fully saturated rings. The predicted octanol–water partition coefficient (Wildman–Crippen LogP) is 7.04. The maximum atomic E-state index is 6.55. The van der Waals surface area contributed by atoms with Gasteiger partial charge in [0.05, 0.1) is 33.1 Å². The fraction of sp³-hybridized carbons (Fsp3) is 0.200. The molecular formula is C30H24BNO3. The molecule has 0 N–H and O–H groups in total. The van der Waals surface area contributed by atoms with E-state index < -0.39 is 18.3 Å². The van der Waals surface area contributed by atoms with E-state index in [2.05, 4.69) is 105 Å². The zero-order valence-corrected chi connectivity index (χ0v) is 20.2. The zero-order chi connectivity index (χ0) is 23.7. The molecule has 1 aliphatic heterocycles. The molecule has 170 valence electrons. The highest BCUT2D eigenvalue weighted by Crippen LogP contribution is 2.43. The van der Waals surface area contributed by atoms with Gasteiger partial charge in [-0.15, -0.1) is 0 Å². The lowest BCUT2D eigenvalue weighted by molar-refractivity contribution is 0.00578. The summed E-state index contributed by atoms with van der Waals surface area (Å²) in [6.07, 6.45) is 0. The predicted molar refractivity (Wildman–Crippen MR) is 144 cm³/mol. The van der Waals surface area contributed by atoms with Crippen molar-refractivity contribution in [3.63, 3.8) is 0 Å². The summed E-state index contributed by atoms with van der Waals surface area (Å²) in [4.78, 5) is 0. The van der Waals surface area contributed by atoms with Gasteiger partial charge >= 0.3 is 7.12 Å². The molecule has 0 spiro atoms. The second kappa shape index (κ2) is 6.17. The van der Waals surface area contributed by atoms with Crippen molar-refractivity contribution in [3.8, 4) is 0 Å². The van der Waals surface area contributed by atoms with E-state index in [0.29, 0.717) is 0 Å². The fourth-order valence-corrected chi connectivity index (χ4v) is 6.02. The number of rotatable bonds is 1. The Labute approximate surface area is 202 Å². The van der Waals surface area contributed by atoms with E-state index in [1.165, 1.54) is 38.0 Å². The number of para-hydroxylation sites is 1. The minimum absolute atomic E-state index is 0.407. The Morgan fingerprint density at radius 2 is 1.26 bits per heavy atom. The van der Waals surface area contributed by atoms with Crippen molar-refractivity contribution in [2.45, 2.75) is 38.9 Å². The van der Waals surface area contributed by atoms with Gasteiger partial charge in [0.15, 0.2) is 0 Å². The number of aromatic nitrogens is 1. The second-order valence-corrected chi connectivity index (χ2v) is 10.8. The molecule has 0 unspecified atom stereocenters. The monoisotopic (exact) mass is 457 g/mol. The van der Waals surface area contributed by atoms with Crippen LogP contribution in [0.4, 0.5) is 0 Å². The van der Waals surface area contributed by atoms with Crippen LogP contribution in [0.3, 0.4) is 0 Å². The number of benzene rings is 4. The van der Waals surface area contributed by atoms with Gasteiger partial charge < -0.3 is 18.1 Å². The van der Waals surface area contributed by atoms with Crippen LogP contribution in [0.5, 0.6) is 0 Å². The quantitative estimate of drug-likeness (QED) is 0.248. The van der Waals surface area contributed by atoms with Crippen LogP contribution in [0.25, 0.3) is 60.0 Å². The van der Waals surface area contributed by atoms with Crippen molar-refractivity contribution in [1.82, 2.24) is 4.40 Å². The number of fused-ring (bicyclic) bond motifs is 5. The molecule has 0 aliphatic carbocycles. The summed E-state index contributed by atoms with van der Waals surface area (Å²) in [6.45, 7) is 8.43. The first-order chi connectivity index (χ1) is 16.9. The van der Waals surface area contributed by atoms with Crippen molar-refractivity contribution < 1.29 is 13.7 Å². The van der Waals surface area contributed by atoms with Crippen molar-refractivity contribution in [3.05, 3.63) is 72.8 Å². The van der Waals surface area contributed by atoms with E-state index in [4.69, 9.17) is 13.7 Å². The summed E-state index contributed by atoms with van der Waals surface area (Å²) in [5.74, 6) is 0. The molecule has 0 radical (unpaired) electrons.